The molecule has 7 heteroatoms. The van der Waals surface area contributed by atoms with Crippen LogP contribution in [0.4, 0.5) is 0 Å². The van der Waals surface area contributed by atoms with Crippen molar-refractivity contribution in [1.82, 2.24) is 25.0 Å². The lowest BCUT2D eigenvalue weighted by atomic mass is 9.98. The molecule has 132 valence electrons. The van der Waals surface area contributed by atoms with Gasteiger partial charge in [-0.1, -0.05) is 5.16 Å². The molecule has 1 aliphatic heterocycles. The first-order valence-corrected chi connectivity index (χ1v) is 8.87. The molecule has 26 heavy (non-hydrogen) atoms. The van der Waals surface area contributed by atoms with E-state index in [9.17, 15) is 0 Å². The summed E-state index contributed by atoms with van der Waals surface area (Å²) in [5.74, 6) is 2.59. The Bertz CT molecular complexity index is 1000. The highest BCUT2D eigenvalue weighted by molar-refractivity contribution is 5.79. The van der Waals surface area contributed by atoms with Crippen molar-refractivity contribution in [2.45, 2.75) is 25.3 Å². The first-order chi connectivity index (χ1) is 12.8. The maximum Gasteiger partial charge on any atom is 0.231 e. The minimum absolute atomic E-state index is 0.260. The topological polar surface area (TPSA) is 84.0 Å². The minimum atomic E-state index is 0.260. The molecular weight excluding hydrogens is 330 g/mol. The predicted octanol–water partition coefficient (Wildman–Crippen LogP) is 3.59. The van der Waals surface area contributed by atoms with E-state index in [0.717, 1.165) is 54.8 Å². The van der Waals surface area contributed by atoms with Crippen LogP contribution in [0.5, 0.6) is 0 Å². The Hall–Kier alpha value is -2.93. The summed E-state index contributed by atoms with van der Waals surface area (Å²) in [4.78, 5) is 14.4. The van der Waals surface area contributed by atoms with E-state index in [1.54, 1.807) is 12.6 Å². The number of nitrogens with zero attached hydrogens (tertiary/aromatic N) is 4. The Morgan fingerprint density at radius 2 is 2.27 bits per heavy atom. The fraction of sp³-hybridized carbons (Fsp3) is 0.316. The third kappa shape index (κ3) is 2.90. The normalized spacial score (nSPS) is 18.5. The summed E-state index contributed by atoms with van der Waals surface area (Å²) in [6, 6.07) is 9.88. The number of aromatic nitrogens is 4. The van der Waals surface area contributed by atoms with Crippen LogP contribution in [0.25, 0.3) is 22.4 Å². The zero-order valence-corrected chi connectivity index (χ0v) is 14.3. The van der Waals surface area contributed by atoms with Gasteiger partial charge < -0.3 is 13.9 Å². The second-order valence-electron chi connectivity index (χ2n) is 6.74. The van der Waals surface area contributed by atoms with Gasteiger partial charge in [-0.3, -0.25) is 4.90 Å². The smallest absolute Gasteiger partial charge is 0.231 e. The van der Waals surface area contributed by atoms with Gasteiger partial charge >= 0.3 is 0 Å². The zero-order valence-electron chi connectivity index (χ0n) is 14.3. The molecule has 0 aliphatic carbocycles. The minimum Gasteiger partial charge on any atom is -0.468 e. The molecule has 5 rings (SSSR count). The summed E-state index contributed by atoms with van der Waals surface area (Å²) in [5, 5.41) is 4.20. The molecule has 4 aromatic rings. The molecule has 1 aliphatic rings. The van der Waals surface area contributed by atoms with Crippen molar-refractivity contribution in [1.29, 1.82) is 0 Å². The molecule has 1 fully saturated rings. The summed E-state index contributed by atoms with van der Waals surface area (Å²) < 4.78 is 11.1. The summed E-state index contributed by atoms with van der Waals surface area (Å²) in [7, 11) is 0. The van der Waals surface area contributed by atoms with Crippen LogP contribution in [-0.2, 0) is 6.54 Å². The summed E-state index contributed by atoms with van der Waals surface area (Å²) >= 11 is 0. The first-order valence-electron chi connectivity index (χ1n) is 8.87. The molecule has 3 aromatic heterocycles. The highest BCUT2D eigenvalue weighted by atomic mass is 16.5. The molecular formula is C19H19N5O2. The third-order valence-electron chi connectivity index (χ3n) is 4.93. The van der Waals surface area contributed by atoms with Crippen LogP contribution in [0.15, 0.2) is 51.9 Å². The van der Waals surface area contributed by atoms with Crippen molar-refractivity contribution in [3.05, 3.63) is 54.6 Å². The fourth-order valence-electron chi connectivity index (χ4n) is 3.62. The molecule has 7 nitrogen and oxygen atoms in total. The number of benzene rings is 1. The van der Waals surface area contributed by atoms with E-state index in [4.69, 9.17) is 8.94 Å². The van der Waals surface area contributed by atoms with Crippen LogP contribution in [-0.4, -0.2) is 38.1 Å². The van der Waals surface area contributed by atoms with Crippen molar-refractivity contribution >= 4 is 11.0 Å². The van der Waals surface area contributed by atoms with Crippen molar-refractivity contribution in [3.8, 4) is 11.4 Å². The van der Waals surface area contributed by atoms with Crippen LogP contribution in [0.1, 0.15) is 30.4 Å². The average molecular weight is 349 g/mol. The number of piperidine rings is 1. The maximum atomic E-state index is 5.60. The molecule has 1 saturated heterocycles. The number of hydrogen-bond acceptors (Lipinski definition) is 6. The Kier molecular flexibility index (Phi) is 3.79. The highest BCUT2D eigenvalue weighted by Crippen LogP contribution is 2.29. The molecule has 0 unspecified atom stereocenters. The molecule has 4 heterocycles. The summed E-state index contributed by atoms with van der Waals surface area (Å²) in [6.07, 6.45) is 5.59. The van der Waals surface area contributed by atoms with E-state index in [0.29, 0.717) is 11.7 Å². The second kappa shape index (κ2) is 6.42. The quantitative estimate of drug-likeness (QED) is 0.606. The van der Waals surface area contributed by atoms with E-state index < -0.39 is 0 Å². The van der Waals surface area contributed by atoms with Crippen molar-refractivity contribution in [2.24, 2.45) is 0 Å². The Balaban J connectivity index is 1.34. The molecule has 0 radical (unpaired) electrons. The Labute approximate surface area is 150 Å². The van der Waals surface area contributed by atoms with Gasteiger partial charge in [-0.15, -0.1) is 0 Å². The van der Waals surface area contributed by atoms with E-state index in [2.05, 4.69) is 25.0 Å². The molecule has 1 aromatic carbocycles. The van der Waals surface area contributed by atoms with Gasteiger partial charge in [0.25, 0.3) is 0 Å². The number of likely N-dealkylation sites (tertiary alicyclic amines) is 1. The molecule has 0 spiro atoms. The number of rotatable bonds is 4. The Morgan fingerprint density at radius 3 is 3.19 bits per heavy atom. The molecule has 1 N–H and O–H groups in total. The monoisotopic (exact) mass is 349 g/mol. The van der Waals surface area contributed by atoms with Crippen LogP contribution >= 0.6 is 0 Å². The van der Waals surface area contributed by atoms with Gasteiger partial charge in [-0.2, -0.15) is 4.98 Å². The van der Waals surface area contributed by atoms with Gasteiger partial charge in [-0.05, 0) is 49.7 Å². The third-order valence-corrected chi connectivity index (χ3v) is 4.93. The highest BCUT2D eigenvalue weighted by Gasteiger charge is 2.26. The second-order valence-corrected chi connectivity index (χ2v) is 6.74. The maximum absolute atomic E-state index is 5.60. The predicted molar refractivity (Wildman–Crippen MR) is 95.3 cm³/mol. The largest absolute Gasteiger partial charge is 0.468 e. The first kappa shape index (κ1) is 15.3. The number of imidazole rings is 1. The SMILES string of the molecule is c1coc(CN2CCC[C@@H](c3nc(-c4ccc5nc[nH]c5c4)no3)C2)c1. The lowest BCUT2D eigenvalue weighted by Crippen LogP contribution is -2.33. The molecule has 0 bridgehead atoms. The van der Waals surface area contributed by atoms with Crippen LogP contribution in [0.3, 0.4) is 0 Å². The molecule has 0 amide bonds. The van der Waals surface area contributed by atoms with Gasteiger partial charge in [-0.25, -0.2) is 4.98 Å². The lowest BCUT2D eigenvalue weighted by Gasteiger charge is -2.30. The van der Waals surface area contributed by atoms with Gasteiger partial charge in [0.2, 0.25) is 11.7 Å². The average Bonchev–Trinajstić information content (AvgIpc) is 3.42. The van der Waals surface area contributed by atoms with Crippen LogP contribution in [0, 0.1) is 0 Å². The molecule has 0 saturated carbocycles. The zero-order chi connectivity index (χ0) is 17.3. The van der Waals surface area contributed by atoms with Gasteiger partial charge in [0.05, 0.1) is 36.1 Å². The van der Waals surface area contributed by atoms with Gasteiger partial charge in [0, 0.05) is 12.1 Å². The number of aromatic amines is 1. The van der Waals surface area contributed by atoms with Gasteiger partial charge in [0.15, 0.2) is 0 Å². The van der Waals surface area contributed by atoms with Crippen LogP contribution in [0.2, 0.25) is 0 Å². The van der Waals surface area contributed by atoms with Gasteiger partial charge in [0.1, 0.15) is 5.76 Å². The molecule has 1 atom stereocenters. The van der Waals surface area contributed by atoms with Crippen LogP contribution < -0.4 is 0 Å². The fourth-order valence-corrected chi connectivity index (χ4v) is 3.62. The Morgan fingerprint density at radius 1 is 1.27 bits per heavy atom. The number of furan rings is 1. The van der Waals surface area contributed by atoms with Crippen molar-refractivity contribution in [2.75, 3.05) is 13.1 Å². The van der Waals surface area contributed by atoms with Crippen molar-refractivity contribution in [3.63, 3.8) is 0 Å². The lowest BCUT2D eigenvalue weighted by molar-refractivity contribution is 0.169. The number of hydrogen-bond donors (Lipinski definition) is 1. The van der Waals surface area contributed by atoms with E-state index in [-0.39, 0.29) is 5.92 Å². The summed E-state index contributed by atoms with van der Waals surface area (Å²) in [6.45, 7) is 2.79. The number of fused-ring (bicyclic) bond motifs is 1. The number of nitrogens with one attached hydrogen (secondary N) is 1. The number of H-pyrrole nitrogens is 1. The van der Waals surface area contributed by atoms with E-state index in [1.165, 1.54) is 0 Å². The van der Waals surface area contributed by atoms with E-state index in [1.807, 2.05) is 30.3 Å². The van der Waals surface area contributed by atoms with Crippen molar-refractivity contribution < 1.29 is 8.94 Å². The van der Waals surface area contributed by atoms with E-state index >= 15 is 0 Å². The standard InChI is InChI=1S/C19H19N5O2/c1-3-14(10-24(7-1)11-15-4-2-8-25-15)19-22-18(23-26-19)13-5-6-16-17(9-13)21-12-20-16/h2,4-6,8-9,12,14H,1,3,7,10-11H2,(H,20,21)/t14-/m1/s1. The summed E-state index contributed by atoms with van der Waals surface area (Å²) in [5.41, 5.74) is 2.83.